The van der Waals surface area contributed by atoms with Crippen molar-refractivity contribution in [2.45, 2.75) is 32.8 Å². The Hall–Kier alpha value is -2.37. The van der Waals surface area contributed by atoms with Crippen LogP contribution in [0.3, 0.4) is 0 Å². The smallest absolute Gasteiger partial charge is 0.416 e. The molecule has 0 heterocycles. The SMILES string of the molecule is CCOP(=O)(OCC)C(C)ONc1cc(Oc2ccc(C(F)(F)F)cc2Cl)ccc1[N+](=O)[O-]. The lowest BCUT2D eigenvalue weighted by atomic mass is 10.2. The summed E-state index contributed by atoms with van der Waals surface area (Å²) in [5.41, 5.74) is 0.813. The fourth-order valence-corrected chi connectivity index (χ4v) is 4.14. The molecule has 1 unspecified atom stereocenters. The number of nitro groups is 1. The fourth-order valence-electron chi connectivity index (χ4n) is 2.53. The average molecular weight is 513 g/mol. The number of alkyl halides is 3. The van der Waals surface area contributed by atoms with Crippen molar-refractivity contribution >= 4 is 30.6 Å². The van der Waals surface area contributed by atoms with E-state index in [1.54, 1.807) is 13.8 Å². The molecule has 0 fully saturated rings. The molecule has 0 aliphatic carbocycles. The summed E-state index contributed by atoms with van der Waals surface area (Å²) in [4.78, 5) is 16.0. The number of nitrogens with one attached hydrogen (secondary N) is 1. The maximum atomic E-state index is 12.8. The number of halogens is 4. The van der Waals surface area contributed by atoms with E-state index in [1.807, 2.05) is 0 Å². The Balaban J connectivity index is 2.26. The van der Waals surface area contributed by atoms with Crippen LogP contribution in [0.25, 0.3) is 0 Å². The largest absolute Gasteiger partial charge is 0.456 e. The van der Waals surface area contributed by atoms with E-state index in [0.29, 0.717) is 6.07 Å². The minimum atomic E-state index is -4.58. The van der Waals surface area contributed by atoms with E-state index in [0.717, 1.165) is 18.2 Å². The lowest BCUT2D eigenvalue weighted by molar-refractivity contribution is -0.384. The van der Waals surface area contributed by atoms with E-state index in [-0.39, 0.29) is 35.4 Å². The maximum absolute atomic E-state index is 12.8. The number of ether oxygens (including phenoxy) is 1. The van der Waals surface area contributed by atoms with Gasteiger partial charge in [-0.15, -0.1) is 0 Å². The van der Waals surface area contributed by atoms with Crippen LogP contribution in [-0.4, -0.2) is 24.0 Å². The predicted octanol–water partition coefficient (Wildman–Crippen LogP) is 7.01. The van der Waals surface area contributed by atoms with E-state index in [2.05, 4.69) is 5.48 Å². The van der Waals surface area contributed by atoms with Crippen molar-refractivity contribution in [3.05, 3.63) is 57.1 Å². The van der Waals surface area contributed by atoms with Crippen LogP contribution in [0.5, 0.6) is 11.5 Å². The first-order valence-electron chi connectivity index (χ1n) is 9.54. The van der Waals surface area contributed by atoms with Crippen LogP contribution >= 0.6 is 19.2 Å². The summed E-state index contributed by atoms with van der Waals surface area (Å²) in [5, 5.41) is 11.1. The molecule has 33 heavy (non-hydrogen) atoms. The van der Waals surface area contributed by atoms with Crippen molar-refractivity contribution in [1.29, 1.82) is 0 Å². The first kappa shape index (κ1) is 26.9. The third-order valence-electron chi connectivity index (χ3n) is 4.05. The van der Waals surface area contributed by atoms with Crippen LogP contribution in [0, 0.1) is 10.1 Å². The quantitative estimate of drug-likeness (QED) is 0.194. The first-order valence-corrected chi connectivity index (χ1v) is 11.5. The molecule has 0 aliphatic heterocycles. The lowest BCUT2D eigenvalue weighted by Crippen LogP contribution is -2.17. The Kier molecular flexibility index (Phi) is 9.10. The molecule has 0 aromatic heterocycles. The summed E-state index contributed by atoms with van der Waals surface area (Å²) in [6.45, 7) is 4.80. The van der Waals surface area contributed by atoms with Gasteiger partial charge in [0.05, 0.1) is 28.7 Å². The molecule has 0 aliphatic rings. The van der Waals surface area contributed by atoms with Gasteiger partial charge in [0.1, 0.15) is 17.2 Å². The Morgan fingerprint density at radius 3 is 2.30 bits per heavy atom. The number of anilines is 1. The van der Waals surface area contributed by atoms with Crippen LogP contribution in [0.15, 0.2) is 36.4 Å². The Labute approximate surface area is 192 Å². The lowest BCUT2D eigenvalue weighted by Gasteiger charge is -2.23. The van der Waals surface area contributed by atoms with Crippen molar-refractivity contribution < 1.29 is 41.3 Å². The Bertz CT molecular complexity index is 1030. The molecule has 0 bridgehead atoms. The van der Waals surface area contributed by atoms with Crippen molar-refractivity contribution in [3.63, 3.8) is 0 Å². The van der Waals surface area contributed by atoms with Gasteiger partial charge in [0.15, 0.2) is 5.85 Å². The minimum Gasteiger partial charge on any atom is -0.456 e. The van der Waals surface area contributed by atoms with Gasteiger partial charge in [0.25, 0.3) is 5.69 Å². The summed E-state index contributed by atoms with van der Waals surface area (Å²) in [7, 11) is -3.67. The molecule has 1 atom stereocenters. The van der Waals surface area contributed by atoms with Gasteiger partial charge in [-0.25, -0.2) is 0 Å². The van der Waals surface area contributed by atoms with E-state index >= 15 is 0 Å². The van der Waals surface area contributed by atoms with Gasteiger partial charge in [0.2, 0.25) is 0 Å². The second-order valence-corrected chi connectivity index (χ2v) is 9.11. The third-order valence-corrected chi connectivity index (χ3v) is 6.58. The monoisotopic (exact) mass is 512 g/mol. The van der Waals surface area contributed by atoms with Gasteiger partial charge in [-0.2, -0.15) is 13.2 Å². The van der Waals surface area contributed by atoms with Crippen LogP contribution in [-0.2, 0) is 24.6 Å². The van der Waals surface area contributed by atoms with Gasteiger partial charge >= 0.3 is 13.8 Å². The van der Waals surface area contributed by atoms with Gasteiger partial charge < -0.3 is 13.8 Å². The molecule has 1 N–H and O–H groups in total. The molecule has 2 aromatic carbocycles. The number of nitrogens with zero attached hydrogens (tertiary/aromatic N) is 1. The second-order valence-electron chi connectivity index (χ2n) is 6.38. The van der Waals surface area contributed by atoms with E-state index < -0.39 is 35.8 Å². The van der Waals surface area contributed by atoms with Gasteiger partial charge in [-0.05, 0) is 45.0 Å². The summed E-state index contributed by atoms with van der Waals surface area (Å²) in [6, 6.07) is 6.00. The standard InChI is InChI=1S/C19H21ClF3N2O7P/c1-4-29-33(28,30-5-2)12(3)32-24-16-11-14(7-8-17(16)25(26)27)31-18-9-6-13(10-15(18)20)19(21,22)23/h6-12,24H,4-5H2,1-3H3. The minimum absolute atomic E-state index is 0.0128. The Morgan fingerprint density at radius 2 is 1.79 bits per heavy atom. The van der Waals surface area contributed by atoms with Gasteiger partial charge in [0, 0.05) is 12.1 Å². The molecule has 14 heteroatoms. The summed E-state index contributed by atoms with van der Waals surface area (Å²) in [5.74, 6) is -1.22. The van der Waals surface area contributed by atoms with Crippen molar-refractivity contribution in [3.8, 4) is 11.5 Å². The Morgan fingerprint density at radius 1 is 1.15 bits per heavy atom. The van der Waals surface area contributed by atoms with E-state index in [1.165, 1.54) is 19.1 Å². The molecule has 0 saturated carbocycles. The molecular formula is C19H21ClF3N2O7P. The molecule has 0 radical (unpaired) electrons. The molecule has 2 rings (SSSR count). The highest BCUT2D eigenvalue weighted by molar-refractivity contribution is 7.54. The number of benzene rings is 2. The van der Waals surface area contributed by atoms with Gasteiger partial charge in [-0.1, -0.05) is 11.6 Å². The number of nitro benzene ring substituents is 1. The fraction of sp³-hybridized carbons (Fsp3) is 0.368. The van der Waals surface area contributed by atoms with Crippen LogP contribution in [0.2, 0.25) is 5.02 Å². The van der Waals surface area contributed by atoms with Crippen molar-refractivity contribution in [1.82, 2.24) is 0 Å². The molecule has 9 nitrogen and oxygen atoms in total. The highest BCUT2D eigenvalue weighted by Crippen LogP contribution is 2.53. The second kappa shape index (κ2) is 11.2. The van der Waals surface area contributed by atoms with Crippen LogP contribution < -0.4 is 10.2 Å². The van der Waals surface area contributed by atoms with Crippen molar-refractivity contribution in [2.24, 2.45) is 0 Å². The number of hydrogen-bond donors (Lipinski definition) is 1. The van der Waals surface area contributed by atoms with Gasteiger partial charge in [-0.3, -0.25) is 25.0 Å². The van der Waals surface area contributed by atoms with Crippen molar-refractivity contribution in [2.75, 3.05) is 18.7 Å². The normalized spacial score (nSPS) is 12.9. The van der Waals surface area contributed by atoms with E-state index in [9.17, 15) is 27.9 Å². The molecule has 182 valence electrons. The zero-order valence-corrected chi connectivity index (χ0v) is 19.4. The average Bonchev–Trinajstić information content (AvgIpc) is 2.73. The maximum Gasteiger partial charge on any atom is 0.416 e. The zero-order valence-electron chi connectivity index (χ0n) is 17.7. The predicted molar refractivity (Wildman–Crippen MR) is 115 cm³/mol. The molecule has 0 amide bonds. The van der Waals surface area contributed by atoms with Crippen LogP contribution in [0.1, 0.15) is 26.3 Å². The highest BCUT2D eigenvalue weighted by Gasteiger charge is 2.34. The first-order chi connectivity index (χ1) is 15.4. The highest BCUT2D eigenvalue weighted by atomic mass is 35.5. The van der Waals surface area contributed by atoms with E-state index in [4.69, 9.17) is 30.2 Å². The summed E-state index contributed by atoms with van der Waals surface area (Å²) in [6.07, 6.45) is -4.58. The summed E-state index contributed by atoms with van der Waals surface area (Å²) >= 11 is 5.89. The summed E-state index contributed by atoms with van der Waals surface area (Å²) < 4.78 is 67.0. The zero-order chi connectivity index (χ0) is 24.8. The molecule has 0 spiro atoms. The topological polar surface area (TPSA) is 109 Å². The number of rotatable bonds is 11. The molecular weight excluding hydrogens is 492 g/mol. The number of hydrogen-bond acceptors (Lipinski definition) is 8. The molecule has 0 saturated heterocycles. The van der Waals surface area contributed by atoms with Crippen LogP contribution in [0.4, 0.5) is 24.5 Å². The molecule has 2 aromatic rings. The third kappa shape index (κ3) is 7.05.